The van der Waals surface area contributed by atoms with E-state index in [4.69, 9.17) is 34.2 Å². The highest BCUT2D eigenvalue weighted by Gasteiger charge is 2.55. The zero-order valence-corrected chi connectivity index (χ0v) is 45.1. The Hall–Kier alpha value is -3.25. The maximum Gasteiger partial charge on any atom is 0.309 e. The van der Waals surface area contributed by atoms with Gasteiger partial charge >= 0.3 is 5.97 Å². The Bertz CT molecular complexity index is 2050. The summed E-state index contributed by atoms with van der Waals surface area (Å²) in [5.74, 6) is -3.88. The monoisotopic (exact) mass is 1020 g/mol. The van der Waals surface area contributed by atoms with Crippen LogP contribution in [0.15, 0.2) is 30.5 Å². The standard InChI is InChI=1S/C52H87FN6O13/c1-15-40-52(10,66)44(61)32(6)58(12)26-28(2)23-50(8,65)46(30(4)41(31(5)48(64)71-40)39-24-51(9,68-14)45(62)33(7)70-39)72-49-42(60)37(22-29(3)69-49)57(11)21-20-36-27-59(56-55-36)38(25-53)43(67-13)34-16-18-35(19-17-34)47(54)63/h16-19,27-33,37-46,49,60-62,65-66H,15,20-26H2,1-14H3,(H2,54,63)/t28-,29-,30+,31-,32-,33+,37+,38-,39?,40-,41+,42-,43-,44-,45+,46-,49+,50-,51-,52-/m1/s1. The summed E-state index contributed by atoms with van der Waals surface area (Å²) in [5.41, 5.74) is 2.39. The van der Waals surface area contributed by atoms with Crippen molar-refractivity contribution in [1.29, 1.82) is 0 Å². The maximum absolute atomic E-state index is 14.7. The molecule has 1 amide bonds. The first kappa shape index (κ1) is 59.6. The number of carbonyl (C=O) groups excluding carboxylic acids is 2. The second kappa shape index (κ2) is 24.6. The predicted octanol–water partition coefficient (Wildman–Crippen LogP) is 3.38. The Labute approximate surface area is 425 Å². The number of halogens is 1. The zero-order valence-electron chi connectivity index (χ0n) is 45.1. The Morgan fingerprint density at radius 1 is 1.01 bits per heavy atom. The van der Waals surface area contributed by atoms with Gasteiger partial charge in [0.2, 0.25) is 5.91 Å². The molecule has 20 atom stereocenters. The number of likely N-dealkylation sites (N-methyl/N-ethyl adjacent to an activating group) is 2. The molecular formula is C52H87FN6O13. The highest BCUT2D eigenvalue weighted by atomic mass is 19.1. The predicted molar refractivity (Wildman–Crippen MR) is 265 cm³/mol. The van der Waals surface area contributed by atoms with Gasteiger partial charge in [0, 0.05) is 69.9 Å². The van der Waals surface area contributed by atoms with Gasteiger partial charge in [0.1, 0.15) is 48.8 Å². The minimum Gasteiger partial charge on any atom is -0.459 e. The van der Waals surface area contributed by atoms with Crippen molar-refractivity contribution in [3.63, 3.8) is 0 Å². The fraction of sp³-hybridized carbons (Fsp3) is 0.808. The van der Waals surface area contributed by atoms with Gasteiger partial charge in [-0.15, -0.1) is 5.10 Å². The van der Waals surface area contributed by atoms with Crippen LogP contribution in [0.4, 0.5) is 4.39 Å². The molecule has 3 aliphatic heterocycles. The largest absolute Gasteiger partial charge is 0.459 e. The van der Waals surface area contributed by atoms with E-state index in [9.17, 15) is 39.5 Å². The van der Waals surface area contributed by atoms with Gasteiger partial charge < -0.3 is 69.5 Å². The maximum atomic E-state index is 14.7. The molecule has 1 unspecified atom stereocenters. The molecule has 5 rings (SSSR count). The number of methoxy groups -OCH3 is 2. The molecule has 3 saturated heterocycles. The van der Waals surface area contributed by atoms with Crippen LogP contribution in [0.2, 0.25) is 0 Å². The molecule has 20 heteroatoms. The molecule has 3 fully saturated rings. The molecule has 0 spiro atoms. The van der Waals surface area contributed by atoms with E-state index >= 15 is 0 Å². The van der Waals surface area contributed by atoms with Gasteiger partial charge in [-0.1, -0.05) is 45.0 Å². The molecule has 2 aromatic rings. The van der Waals surface area contributed by atoms with Crippen molar-refractivity contribution in [3.05, 3.63) is 47.3 Å². The lowest BCUT2D eigenvalue weighted by Gasteiger charge is -2.51. The zero-order chi connectivity index (χ0) is 53.8. The lowest BCUT2D eigenvalue weighted by atomic mass is 9.68. The number of cyclic esters (lactones) is 1. The number of ether oxygens (including phenoxy) is 6. The molecule has 410 valence electrons. The first-order valence-corrected chi connectivity index (χ1v) is 25.7. The van der Waals surface area contributed by atoms with Crippen LogP contribution in [-0.4, -0.2) is 194 Å². The molecule has 3 aliphatic rings. The summed E-state index contributed by atoms with van der Waals surface area (Å²) in [7, 11) is 6.69. The number of aliphatic hydroxyl groups is 5. The van der Waals surface area contributed by atoms with E-state index in [1.807, 2.05) is 44.7 Å². The summed E-state index contributed by atoms with van der Waals surface area (Å²) >= 11 is 0. The van der Waals surface area contributed by atoms with Crippen molar-refractivity contribution >= 4 is 11.9 Å². The number of amides is 1. The van der Waals surface area contributed by atoms with Crippen LogP contribution in [0.25, 0.3) is 0 Å². The SMILES string of the molecule is CC[C@H]1OC(=O)[C@H](C)[C@@H](C2C[C@@](C)(OC)[C@@H](O)[C@H](C)O2)[C@H](C)[C@@H](O[C@@H]2O[C@H](C)C[C@H](N(C)CCc3cn([C@H](CF)[C@H](OC)c4ccc(C(N)=O)cc4)nn3)[C@H]2O)[C@](C)(O)C[C@@H](C)CN(C)[C@H](C)[C@@H](O)[C@]1(C)O. The lowest BCUT2D eigenvalue weighted by Crippen LogP contribution is -2.62. The summed E-state index contributed by atoms with van der Waals surface area (Å²) in [6, 6.07) is 4.51. The van der Waals surface area contributed by atoms with Gasteiger partial charge in [-0.05, 0) is 104 Å². The van der Waals surface area contributed by atoms with Crippen molar-refractivity contribution in [1.82, 2.24) is 24.8 Å². The molecular weight excluding hydrogens is 936 g/mol. The number of alkyl halides is 1. The van der Waals surface area contributed by atoms with Crippen LogP contribution in [0.1, 0.15) is 129 Å². The number of hydrogen-bond donors (Lipinski definition) is 6. The van der Waals surface area contributed by atoms with E-state index in [1.54, 1.807) is 72.0 Å². The van der Waals surface area contributed by atoms with E-state index in [-0.39, 0.29) is 25.2 Å². The quantitative estimate of drug-likeness (QED) is 0.140. The summed E-state index contributed by atoms with van der Waals surface area (Å²) in [4.78, 5) is 30.2. The molecule has 1 aromatic carbocycles. The van der Waals surface area contributed by atoms with Crippen LogP contribution in [0.3, 0.4) is 0 Å². The third-order valence-corrected chi connectivity index (χ3v) is 16.4. The highest BCUT2D eigenvalue weighted by molar-refractivity contribution is 5.92. The molecule has 4 heterocycles. The number of hydrogen-bond acceptors (Lipinski definition) is 17. The number of carbonyl (C=O) groups is 2. The minimum atomic E-state index is -1.84. The smallest absolute Gasteiger partial charge is 0.309 e. The third-order valence-electron chi connectivity index (χ3n) is 16.4. The van der Waals surface area contributed by atoms with Crippen molar-refractivity contribution in [2.45, 2.75) is 197 Å². The Morgan fingerprint density at radius 3 is 2.25 bits per heavy atom. The molecule has 0 bridgehead atoms. The second-order valence-corrected chi connectivity index (χ2v) is 22.1. The van der Waals surface area contributed by atoms with E-state index in [0.29, 0.717) is 42.8 Å². The van der Waals surface area contributed by atoms with Crippen LogP contribution in [0.5, 0.6) is 0 Å². The fourth-order valence-electron chi connectivity index (χ4n) is 11.9. The molecule has 19 nitrogen and oxygen atoms in total. The number of benzene rings is 1. The number of nitrogens with two attached hydrogens (primary N) is 1. The van der Waals surface area contributed by atoms with E-state index in [1.165, 1.54) is 25.8 Å². The number of rotatable bonds is 15. The Morgan fingerprint density at radius 2 is 1.67 bits per heavy atom. The summed E-state index contributed by atoms with van der Waals surface area (Å²) in [6.45, 7) is 17.7. The first-order chi connectivity index (χ1) is 33.6. The average molecular weight is 1020 g/mol. The van der Waals surface area contributed by atoms with Crippen LogP contribution in [-0.2, 0) is 39.6 Å². The molecule has 0 saturated carbocycles. The highest BCUT2D eigenvalue weighted by Crippen LogP contribution is 2.45. The van der Waals surface area contributed by atoms with E-state index in [0.717, 1.165) is 0 Å². The number of primary amides is 1. The van der Waals surface area contributed by atoms with Crippen LogP contribution >= 0.6 is 0 Å². The first-order valence-electron chi connectivity index (χ1n) is 25.7. The van der Waals surface area contributed by atoms with Crippen molar-refractivity contribution < 1.29 is 67.9 Å². The summed E-state index contributed by atoms with van der Waals surface area (Å²) in [6.07, 6.45) is -6.56. The van der Waals surface area contributed by atoms with Gasteiger partial charge in [0.25, 0.3) is 0 Å². The van der Waals surface area contributed by atoms with Crippen molar-refractivity contribution in [3.8, 4) is 0 Å². The molecule has 1 aromatic heterocycles. The van der Waals surface area contributed by atoms with Gasteiger partial charge in [-0.2, -0.15) is 0 Å². The van der Waals surface area contributed by atoms with Crippen molar-refractivity contribution in [2.75, 3.05) is 48.1 Å². The second-order valence-electron chi connectivity index (χ2n) is 22.1. The topological polar surface area (TPSA) is 254 Å². The fourth-order valence-corrected chi connectivity index (χ4v) is 11.9. The van der Waals surface area contributed by atoms with Gasteiger partial charge in [-0.3, -0.25) is 9.59 Å². The average Bonchev–Trinajstić information content (AvgIpc) is 3.80. The number of esters is 1. The van der Waals surface area contributed by atoms with Gasteiger partial charge in [-0.25, -0.2) is 9.07 Å². The van der Waals surface area contributed by atoms with Gasteiger partial charge in [0.15, 0.2) is 6.29 Å². The lowest BCUT2D eigenvalue weighted by molar-refractivity contribution is -0.302. The molecule has 0 aliphatic carbocycles. The third kappa shape index (κ3) is 13.2. The number of nitrogens with zero attached hydrogens (tertiary/aromatic N) is 5. The minimum absolute atomic E-state index is 0.163. The van der Waals surface area contributed by atoms with Gasteiger partial charge in [0.05, 0.1) is 47.2 Å². The normalized spacial score (nSPS) is 40.0. The Kier molecular flexibility index (Phi) is 20.4. The summed E-state index contributed by atoms with van der Waals surface area (Å²) in [5, 5.41) is 68.7. The van der Waals surface area contributed by atoms with Crippen LogP contribution < -0.4 is 5.73 Å². The molecule has 0 radical (unpaired) electrons. The van der Waals surface area contributed by atoms with Crippen LogP contribution in [0, 0.1) is 23.7 Å². The van der Waals surface area contributed by atoms with Crippen molar-refractivity contribution in [2.24, 2.45) is 29.4 Å². The summed E-state index contributed by atoms with van der Waals surface area (Å²) < 4.78 is 54.0. The molecule has 7 N–H and O–H groups in total. The Balaban J connectivity index is 1.46. The molecule has 72 heavy (non-hydrogen) atoms. The van der Waals surface area contributed by atoms with E-state index < -0.39 is 132 Å². The number of aliphatic hydroxyl groups excluding tert-OH is 3. The number of aromatic nitrogens is 3. The van der Waals surface area contributed by atoms with E-state index in [2.05, 4.69) is 10.3 Å².